The van der Waals surface area contributed by atoms with Gasteiger partial charge in [-0.25, -0.2) is 4.79 Å². The summed E-state index contributed by atoms with van der Waals surface area (Å²) in [5, 5.41) is 3.59. The SMILES string of the molecule is CCCC1CC(Nc2ccc(C(=O)OC)cc2C)CCO1. The molecule has 0 amide bonds. The van der Waals surface area contributed by atoms with Gasteiger partial charge in [0.25, 0.3) is 0 Å². The average molecular weight is 291 g/mol. The molecule has 1 N–H and O–H groups in total. The largest absolute Gasteiger partial charge is 0.465 e. The smallest absolute Gasteiger partial charge is 0.337 e. The van der Waals surface area contributed by atoms with E-state index >= 15 is 0 Å². The van der Waals surface area contributed by atoms with E-state index in [-0.39, 0.29) is 5.97 Å². The van der Waals surface area contributed by atoms with Crippen LogP contribution >= 0.6 is 0 Å². The Morgan fingerprint density at radius 1 is 1.48 bits per heavy atom. The number of methoxy groups -OCH3 is 1. The van der Waals surface area contributed by atoms with Crippen LogP contribution in [0.2, 0.25) is 0 Å². The topological polar surface area (TPSA) is 47.6 Å². The van der Waals surface area contributed by atoms with Gasteiger partial charge in [-0.3, -0.25) is 0 Å². The lowest BCUT2D eigenvalue weighted by Crippen LogP contribution is -2.34. The first-order valence-electron chi connectivity index (χ1n) is 7.71. The third-order valence-electron chi connectivity index (χ3n) is 3.99. The molecule has 0 aromatic heterocycles. The van der Waals surface area contributed by atoms with Gasteiger partial charge < -0.3 is 14.8 Å². The summed E-state index contributed by atoms with van der Waals surface area (Å²) >= 11 is 0. The molecule has 1 aliphatic rings. The van der Waals surface area contributed by atoms with Gasteiger partial charge in [-0.1, -0.05) is 13.3 Å². The molecule has 0 radical (unpaired) electrons. The normalized spacial score (nSPS) is 21.9. The molecule has 0 bridgehead atoms. The van der Waals surface area contributed by atoms with E-state index in [2.05, 4.69) is 12.2 Å². The Kier molecular flexibility index (Phi) is 5.62. The Balaban J connectivity index is 2.00. The summed E-state index contributed by atoms with van der Waals surface area (Å²) in [7, 11) is 1.40. The van der Waals surface area contributed by atoms with Crippen LogP contribution in [-0.4, -0.2) is 31.8 Å². The minimum Gasteiger partial charge on any atom is -0.465 e. The van der Waals surface area contributed by atoms with Gasteiger partial charge in [0.2, 0.25) is 0 Å². The summed E-state index contributed by atoms with van der Waals surface area (Å²) in [5.74, 6) is -0.293. The van der Waals surface area contributed by atoms with Crippen molar-refractivity contribution in [1.29, 1.82) is 0 Å². The van der Waals surface area contributed by atoms with Crippen molar-refractivity contribution in [2.75, 3.05) is 19.0 Å². The van der Waals surface area contributed by atoms with E-state index in [4.69, 9.17) is 9.47 Å². The molecule has 0 aliphatic carbocycles. The van der Waals surface area contributed by atoms with Crippen LogP contribution in [-0.2, 0) is 9.47 Å². The van der Waals surface area contributed by atoms with Crippen molar-refractivity contribution in [2.45, 2.75) is 51.7 Å². The molecule has 2 atom stereocenters. The number of carbonyl (C=O) groups is 1. The number of anilines is 1. The zero-order valence-corrected chi connectivity index (χ0v) is 13.1. The molecule has 1 fully saturated rings. The number of nitrogens with one attached hydrogen (secondary N) is 1. The summed E-state index contributed by atoms with van der Waals surface area (Å²) in [5.41, 5.74) is 2.75. The van der Waals surface area contributed by atoms with Crippen LogP contribution in [0.4, 0.5) is 5.69 Å². The van der Waals surface area contributed by atoms with Crippen molar-refractivity contribution < 1.29 is 14.3 Å². The summed E-state index contributed by atoms with van der Waals surface area (Å²) in [6.07, 6.45) is 4.73. The van der Waals surface area contributed by atoms with E-state index < -0.39 is 0 Å². The zero-order chi connectivity index (χ0) is 15.2. The van der Waals surface area contributed by atoms with Gasteiger partial charge in [-0.05, 0) is 49.9 Å². The lowest BCUT2D eigenvalue weighted by Gasteiger charge is -2.31. The number of aryl methyl sites for hydroxylation is 1. The second-order valence-corrected chi connectivity index (χ2v) is 5.67. The number of benzene rings is 1. The highest BCUT2D eigenvalue weighted by atomic mass is 16.5. The minimum atomic E-state index is -0.293. The van der Waals surface area contributed by atoms with Crippen molar-refractivity contribution in [3.63, 3.8) is 0 Å². The Morgan fingerprint density at radius 2 is 2.29 bits per heavy atom. The summed E-state index contributed by atoms with van der Waals surface area (Å²) < 4.78 is 10.5. The van der Waals surface area contributed by atoms with Crippen LogP contribution in [0, 0.1) is 6.92 Å². The predicted octanol–water partition coefficient (Wildman–Crippen LogP) is 3.54. The van der Waals surface area contributed by atoms with Crippen molar-refractivity contribution in [3.8, 4) is 0 Å². The highest BCUT2D eigenvalue weighted by Gasteiger charge is 2.22. The molecule has 4 nitrogen and oxygen atoms in total. The van der Waals surface area contributed by atoms with E-state index in [1.54, 1.807) is 0 Å². The predicted molar refractivity (Wildman–Crippen MR) is 83.8 cm³/mol. The van der Waals surface area contributed by atoms with Crippen LogP contribution < -0.4 is 5.32 Å². The fourth-order valence-corrected chi connectivity index (χ4v) is 2.82. The van der Waals surface area contributed by atoms with Gasteiger partial charge in [-0.2, -0.15) is 0 Å². The Bertz CT molecular complexity index is 485. The molecular formula is C17H25NO3. The Hall–Kier alpha value is -1.55. The van der Waals surface area contributed by atoms with E-state index in [1.165, 1.54) is 7.11 Å². The third-order valence-corrected chi connectivity index (χ3v) is 3.99. The van der Waals surface area contributed by atoms with E-state index in [0.717, 1.165) is 43.5 Å². The molecule has 1 heterocycles. The average Bonchev–Trinajstić information content (AvgIpc) is 2.49. The standard InChI is InChI=1S/C17H25NO3/c1-4-5-15-11-14(8-9-21-15)18-16-7-6-13(10-12(16)2)17(19)20-3/h6-7,10,14-15,18H,4-5,8-9,11H2,1-3H3. The van der Waals surface area contributed by atoms with E-state index in [0.29, 0.717) is 17.7 Å². The lowest BCUT2D eigenvalue weighted by molar-refractivity contribution is 0.00597. The summed E-state index contributed by atoms with van der Waals surface area (Å²) in [6.45, 7) is 5.02. The van der Waals surface area contributed by atoms with Crippen molar-refractivity contribution >= 4 is 11.7 Å². The van der Waals surface area contributed by atoms with Crippen LogP contribution in [0.25, 0.3) is 0 Å². The molecule has 1 aromatic carbocycles. The maximum Gasteiger partial charge on any atom is 0.337 e. The van der Waals surface area contributed by atoms with Crippen molar-refractivity contribution in [3.05, 3.63) is 29.3 Å². The molecule has 116 valence electrons. The van der Waals surface area contributed by atoms with Gasteiger partial charge in [0, 0.05) is 18.3 Å². The monoisotopic (exact) mass is 291 g/mol. The maximum absolute atomic E-state index is 11.5. The second kappa shape index (κ2) is 7.46. The fraction of sp³-hybridized carbons (Fsp3) is 0.588. The molecular weight excluding hydrogens is 266 g/mol. The van der Waals surface area contributed by atoms with Crippen molar-refractivity contribution in [2.24, 2.45) is 0 Å². The number of hydrogen-bond acceptors (Lipinski definition) is 4. The summed E-state index contributed by atoms with van der Waals surface area (Å²) in [4.78, 5) is 11.5. The zero-order valence-electron chi connectivity index (χ0n) is 13.1. The van der Waals surface area contributed by atoms with Gasteiger partial charge >= 0.3 is 5.97 Å². The second-order valence-electron chi connectivity index (χ2n) is 5.67. The first-order valence-corrected chi connectivity index (χ1v) is 7.71. The lowest BCUT2D eigenvalue weighted by atomic mass is 9.99. The molecule has 0 spiro atoms. The molecule has 1 aromatic rings. The number of rotatable bonds is 5. The molecule has 0 saturated carbocycles. The highest BCUT2D eigenvalue weighted by molar-refractivity contribution is 5.90. The van der Waals surface area contributed by atoms with Gasteiger partial charge in [-0.15, -0.1) is 0 Å². The Morgan fingerprint density at radius 3 is 2.95 bits per heavy atom. The van der Waals surface area contributed by atoms with Crippen LogP contribution in [0.3, 0.4) is 0 Å². The number of hydrogen-bond donors (Lipinski definition) is 1. The number of carbonyl (C=O) groups excluding carboxylic acids is 1. The maximum atomic E-state index is 11.5. The van der Waals surface area contributed by atoms with Crippen LogP contribution in [0.5, 0.6) is 0 Å². The molecule has 4 heteroatoms. The van der Waals surface area contributed by atoms with Gasteiger partial charge in [0.1, 0.15) is 0 Å². The summed E-state index contributed by atoms with van der Waals surface area (Å²) in [6, 6.07) is 6.09. The van der Waals surface area contributed by atoms with Gasteiger partial charge in [0.15, 0.2) is 0 Å². The minimum absolute atomic E-state index is 0.293. The van der Waals surface area contributed by atoms with E-state index in [9.17, 15) is 4.79 Å². The van der Waals surface area contributed by atoms with Crippen LogP contribution in [0.15, 0.2) is 18.2 Å². The fourth-order valence-electron chi connectivity index (χ4n) is 2.82. The van der Waals surface area contributed by atoms with Crippen LogP contribution in [0.1, 0.15) is 48.5 Å². The highest BCUT2D eigenvalue weighted by Crippen LogP contribution is 2.24. The molecule has 1 saturated heterocycles. The first-order chi connectivity index (χ1) is 10.1. The molecule has 21 heavy (non-hydrogen) atoms. The number of esters is 1. The molecule has 1 aliphatic heterocycles. The molecule has 2 unspecified atom stereocenters. The van der Waals surface area contributed by atoms with Crippen molar-refractivity contribution in [1.82, 2.24) is 0 Å². The van der Waals surface area contributed by atoms with Gasteiger partial charge in [0.05, 0.1) is 18.8 Å². The quantitative estimate of drug-likeness (QED) is 0.843. The van der Waals surface area contributed by atoms with E-state index in [1.807, 2.05) is 25.1 Å². The first kappa shape index (κ1) is 15.8. The number of ether oxygens (including phenoxy) is 2. The Labute approximate surface area is 126 Å². The molecule has 2 rings (SSSR count). The third kappa shape index (κ3) is 4.21.